The van der Waals surface area contributed by atoms with Crippen molar-refractivity contribution >= 4 is 44.0 Å². The predicted octanol–water partition coefficient (Wildman–Crippen LogP) is 4.45. The molecule has 3 rings (SSSR count). The van der Waals surface area contributed by atoms with Gasteiger partial charge in [0.15, 0.2) is 0 Å². The standard InChI is InChI=1S/C19H13Br2N3O3/c20-15-8-14(17(25)16(21)18(15)26)10-23-24-19(27)12-5-3-11(4-6-12)13-2-1-7-22-9-13/h1-10,25-26H,(H,24,27)/b23-10+. The van der Waals surface area contributed by atoms with E-state index in [0.717, 1.165) is 11.1 Å². The highest BCUT2D eigenvalue weighted by Crippen LogP contribution is 2.40. The molecule has 2 aromatic carbocycles. The van der Waals surface area contributed by atoms with Crippen molar-refractivity contribution in [3.05, 3.63) is 74.9 Å². The van der Waals surface area contributed by atoms with Gasteiger partial charge in [0, 0.05) is 23.5 Å². The molecular formula is C19H13Br2N3O3. The number of carbonyl (C=O) groups excluding carboxylic acids is 1. The van der Waals surface area contributed by atoms with Crippen LogP contribution in [0, 0.1) is 0 Å². The molecule has 0 spiro atoms. The molecule has 0 bridgehead atoms. The molecule has 0 saturated heterocycles. The lowest BCUT2D eigenvalue weighted by atomic mass is 10.1. The summed E-state index contributed by atoms with van der Waals surface area (Å²) in [4.78, 5) is 16.3. The number of hydrogen-bond donors (Lipinski definition) is 3. The van der Waals surface area contributed by atoms with Crippen LogP contribution in [0.25, 0.3) is 11.1 Å². The predicted molar refractivity (Wildman–Crippen MR) is 110 cm³/mol. The van der Waals surface area contributed by atoms with E-state index >= 15 is 0 Å². The van der Waals surface area contributed by atoms with Crippen molar-refractivity contribution in [3.8, 4) is 22.6 Å². The molecule has 27 heavy (non-hydrogen) atoms. The van der Waals surface area contributed by atoms with Crippen molar-refractivity contribution < 1.29 is 15.0 Å². The van der Waals surface area contributed by atoms with Crippen LogP contribution in [-0.2, 0) is 0 Å². The number of benzene rings is 2. The molecule has 0 aliphatic carbocycles. The van der Waals surface area contributed by atoms with Crippen LogP contribution < -0.4 is 5.43 Å². The van der Waals surface area contributed by atoms with E-state index in [1.807, 2.05) is 24.3 Å². The Labute approximate surface area is 171 Å². The Balaban J connectivity index is 1.70. The first-order valence-electron chi connectivity index (χ1n) is 7.71. The van der Waals surface area contributed by atoms with Gasteiger partial charge in [-0.1, -0.05) is 18.2 Å². The smallest absolute Gasteiger partial charge is 0.271 e. The Morgan fingerprint density at radius 1 is 1.07 bits per heavy atom. The number of phenols is 2. The van der Waals surface area contributed by atoms with E-state index in [2.05, 4.69) is 47.4 Å². The second kappa shape index (κ2) is 8.32. The molecule has 0 unspecified atom stereocenters. The topological polar surface area (TPSA) is 94.8 Å². The van der Waals surface area contributed by atoms with Gasteiger partial charge in [-0.25, -0.2) is 5.43 Å². The van der Waals surface area contributed by atoms with Gasteiger partial charge in [-0.15, -0.1) is 0 Å². The Hall–Kier alpha value is -2.71. The number of hydrazone groups is 1. The molecule has 136 valence electrons. The molecule has 1 aromatic heterocycles. The van der Waals surface area contributed by atoms with Gasteiger partial charge in [-0.05, 0) is 67.3 Å². The summed E-state index contributed by atoms with van der Waals surface area (Å²) < 4.78 is 0.515. The average Bonchev–Trinajstić information content (AvgIpc) is 2.71. The maximum atomic E-state index is 12.2. The molecule has 6 nitrogen and oxygen atoms in total. The molecule has 0 aliphatic rings. The van der Waals surface area contributed by atoms with Gasteiger partial charge in [0.25, 0.3) is 5.91 Å². The Morgan fingerprint density at radius 3 is 2.48 bits per heavy atom. The molecule has 3 aromatic rings. The number of hydrogen-bond acceptors (Lipinski definition) is 5. The number of rotatable bonds is 4. The number of nitrogens with one attached hydrogen (secondary N) is 1. The van der Waals surface area contributed by atoms with Crippen molar-refractivity contribution in [3.63, 3.8) is 0 Å². The van der Waals surface area contributed by atoms with Crippen molar-refractivity contribution in [1.29, 1.82) is 0 Å². The molecule has 8 heteroatoms. The Morgan fingerprint density at radius 2 is 1.81 bits per heavy atom. The molecule has 1 amide bonds. The van der Waals surface area contributed by atoms with Gasteiger partial charge in [-0.2, -0.15) is 5.10 Å². The van der Waals surface area contributed by atoms with Crippen LogP contribution in [0.1, 0.15) is 15.9 Å². The average molecular weight is 491 g/mol. The number of aromatic hydroxyl groups is 2. The van der Waals surface area contributed by atoms with Crippen LogP contribution in [0.2, 0.25) is 0 Å². The summed E-state index contributed by atoms with van der Waals surface area (Å²) in [7, 11) is 0. The van der Waals surface area contributed by atoms with Crippen molar-refractivity contribution in [2.75, 3.05) is 0 Å². The molecular weight excluding hydrogens is 478 g/mol. The SMILES string of the molecule is O=C(N/N=C/c1cc(Br)c(O)c(Br)c1O)c1ccc(-c2cccnc2)cc1. The van der Waals surface area contributed by atoms with Crippen molar-refractivity contribution in [2.45, 2.75) is 0 Å². The quantitative estimate of drug-likeness (QED) is 0.372. The number of carbonyl (C=O) groups is 1. The van der Waals surface area contributed by atoms with Gasteiger partial charge in [0.05, 0.1) is 10.7 Å². The summed E-state index contributed by atoms with van der Waals surface area (Å²) >= 11 is 6.25. The third kappa shape index (κ3) is 4.35. The van der Waals surface area contributed by atoms with Crippen LogP contribution >= 0.6 is 31.9 Å². The zero-order valence-electron chi connectivity index (χ0n) is 13.7. The second-order valence-corrected chi connectivity index (χ2v) is 7.12. The number of pyridine rings is 1. The van der Waals surface area contributed by atoms with Gasteiger partial charge in [0.2, 0.25) is 0 Å². The first kappa shape index (κ1) is 19.1. The first-order chi connectivity index (χ1) is 13.0. The van der Waals surface area contributed by atoms with Gasteiger partial charge in [0.1, 0.15) is 16.0 Å². The fourth-order valence-corrected chi connectivity index (χ4v) is 3.44. The number of nitrogens with zero attached hydrogens (tertiary/aromatic N) is 2. The van der Waals surface area contributed by atoms with E-state index in [-0.39, 0.29) is 21.9 Å². The highest BCUT2D eigenvalue weighted by Gasteiger charge is 2.13. The fraction of sp³-hybridized carbons (Fsp3) is 0. The van der Waals surface area contributed by atoms with E-state index in [4.69, 9.17) is 0 Å². The van der Waals surface area contributed by atoms with Crippen molar-refractivity contribution in [2.24, 2.45) is 5.10 Å². The third-order valence-corrected chi connectivity index (χ3v) is 5.07. The number of halogens is 2. The summed E-state index contributed by atoms with van der Waals surface area (Å²) in [5.74, 6) is -0.697. The maximum Gasteiger partial charge on any atom is 0.271 e. The fourth-order valence-electron chi connectivity index (χ4n) is 2.29. The van der Waals surface area contributed by atoms with Crippen LogP contribution in [0.5, 0.6) is 11.5 Å². The minimum Gasteiger partial charge on any atom is -0.506 e. The zero-order chi connectivity index (χ0) is 19.4. The molecule has 0 saturated carbocycles. The van der Waals surface area contributed by atoms with Crippen molar-refractivity contribution in [1.82, 2.24) is 10.4 Å². The normalized spacial score (nSPS) is 10.9. The molecule has 0 radical (unpaired) electrons. The van der Waals surface area contributed by atoms with Gasteiger partial charge in [-0.3, -0.25) is 9.78 Å². The lowest BCUT2D eigenvalue weighted by Gasteiger charge is -2.06. The van der Waals surface area contributed by atoms with Gasteiger partial charge < -0.3 is 10.2 Å². The minimum absolute atomic E-state index is 0.123. The van der Waals surface area contributed by atoms with Crippen LogP contribution in [0.15, 0.2) is 68.9 Å². The lowest BCUT2D eigenvalue weighted by molar-refractivity contribution is 0.0955. The van der Waals surface area contributed by atoms with E-state index in [9.17, 15) is 15.0 Å². The zero-order valence-corrected chi connectivity index (χ0v) is 16.9. The number of phenolic OH excluding ortho intramolecular Hbond substituents is 2. The summed E-state index contributed by atoms with van der Waals surface area (Å²) in [5, 5.41) is 23.5. The second-order valence-electron chi connectivity index (χ2n) is 5.48. The molecule has 0 aliphatic heterocycles. The number of aromatic nitrogens is 1. The highest BCUT2D eigenvalue weighted by atomic mass is 79.9. The minimum atomic E-state index is -0.389. The molecule has 3 N–H and O–H groups in total. The number of amides is 1. The maximum absolute atomic E-state index is 12.2. The summed E-state index contributed by atoms with van der Waals surface area (Å²) in [6.07, 6.45) is 4.73. The van der Waals surface area contributed by atoms with Crippen LogP contribution in [-0.4, -0.2) is 27.3 Å². The Bertz CT molecular complexity index is 1010. The first-order valence-corrected chi connectivity index (χ1v) is 9.29. The highest BCUT2D eigenvalue weighted by molar-refractivity contribution is 9.11. The van der Waals surface area contributed by atoms with E-state index in [1.165, 1.54) is 12.3 Å². The van der Waals surface area contributed by atoms with Crippen LogP contribution in [0.3, 0.4) is 0 Å². The van der Waals surface area contributed by atoms with E-state index in [1.54, 1.807) is 24.5 Å². The molecule has 1 heterocycles. The lowest BCUT2D eigenvalue weighted by Crippen LogP contribution is -2.17. The summed E-state index contributed by atoms with van der Waals surface area (Å²) in [6, 6.07) is 12.3. The monoisotopic (exact) mass is 489 g/mol. The molecule has 0 fully saturated rings. The Kier molecular flexibility index (Phi) is 5.88. The molecule has 0 atom stereocenters. The summed E-state index contributed by atoms with van der Waals surface area (Å²) in [6.45, 7) is 0. The van der Waals surface area contributed by atoms with E-state index < -0.39 is 0 Å². The third-order valence-electron chi connectivity index (χ3n) is 3.71. The summed E-state index contributed by atoms with van der Waals surface area (Å²) in [5.41, 5.74) is 5.07. The largest absolute Gasteiger partial charge is 0.506 e. The van der Waals surface area contributed by atoms with Gasteiger partial charge >= 0.3 is 0 Å². The van der Waals surface area contributed by atoms with E-state index in [0.29, 0.717) is 15.6 Å². The van der Waals surface area contributed by atoms with Crippen LogP contribution in [0.4, 0.5) is 0 Å².